The largest absolute Gasteiger partial charge is 0.312 e. The molecule has 3 nitrogen and oxygen atoms in total. The minimum Gasteiger partial charge on any atom is -0.312 e. The number of likely N-dealkylation sites (tertiary alicyclic amines) is 1. The van der Waals surface area contributed by atoms with Crippen LogP contribution in [0.3, 0.4) is 0 Å². The highest BCUT2D eigenvalue weighted by Crippen LogP contribution is 2.22. The summed E-state index contributed by atoms with van der Waals surface area (Å²) in [7, 11) is 4.40. The van der Waals surface area contributed by atoms with Gasteiger partial charge >= 0.3 is 0 Å². The molecule has 0 aliphatic carbocycles. The number of likely N-dealkylation sites (N-methyl/N-ethyl adjacent to an activating group) is 1. The van der Waals surface area contributed by atoms with E-state index in [4.69, 9.17) is 0 Å². The normalized spacial score (nSPS) is 23.8. The molecule has 0 radical (unpaired) electrons. The summed E-state index contributed by atoms with van der Waals surface area (Å²) in [5.41, 5.74) is 0.339. The lowest BCUT2D eigenvalue weighted by atomic mass is 9.86. The maximum Gasteiger partial charge on any atom is 0.0243 e. The summed E-state index contributed by atoms with van der Waals surface area (Å²) >= 11 is 0. The molecule has 1 saturated heterocycles. The standard InChI is InChI=1S/C15H33N3/c1-7-9-16-14(15(2,3)4)12-18-10-8-13(11-18)17(5)6/h13-14,16H,7-12H2,1-6H3. The summed E-state index contributed by atoms with van der Waals surface area (Å²) in [6.07, 6.45) is 2.53. The second-order valence-corrected chi connectivity index (χ2v) is 7.04. The van der Waals surface area contributed by atoms with Crippen LogP contribution < -0.4 is 5.32 Å². The molecule has 2 atom stereocenters. The summed E-state index contributed by atoms with van der Waals surface area (Å²) in [6.45, 7) is 14.1. The maximum absolute atomic E-state index is 3.73. The lowest BCUT2D eigenvalue weighted by Gasteiger charge is -2.35. The third-order valence-electron chi connectivity index (χ3n) is 4.10. The number of hydrogen-bond acceptors (Lipinski definition) is 3. The first-order valence-electron chi connectivity index (χ1n) is 7.46. The first-order valence-corrected chi connectivity index (χ1v) is 7.46. The van der Waals surface area contributed by atoms with E-state index in [1.54, 1.807) is 0 Å². The maximum atomic E-state index is 3.73. The summed E-state index contributed by atoms with van der Waals surface area (Å²) in [5.74, 6) is 0. The van der Waals surface area contributed by atoms with Crippen molar-refractivity contribution >= 4 is 0 Å². The van der Waals surface area contributed by atoms with E-state index < -0.39 is 0 Å². The zero-order valence-electron chi connectivity index (χ0n) is 13.3. The van der Waals surface area contributed by atoms with Crippen LogP contribution in [-0.4, -0.2) is 62.2 Å². The molecule has 0 aromatic rings. The Morgan fingerprint density at radius 2 is 2.00 bits per heavy atom. The van der Waals surface area contributed by atoms with E-state index in [2.05, 4.69) is 56.9 Å². The molecule has 0 aromatic heterocycles. The fraction of sp³-hybridized carbons (Fsp3) is 1.00. The Kier molecular flexibility index (Phi) is 6.09. The van der Waals surface area contributed by atoms with Crippen molar-refractivity contribution in [1.29, 1.82) is 0 Å². The van der Waals surface area contributed by atoms with Gasteiger partial charge in [0.25, 0.3) is 0 Å². The van der Waals surface area contributed by atoms with Gasteiger partial charge in [-0.3, -0.25) is 0 Å². The molecule has 2 unspecified atom stereocenters. The van der Waals surface area contributed by atoms with Crippen LogP contribution in [0.25, 0.3) is 0 Å². The molecule has 0 spiro atoms. The van der Waals surface area contributed by atoms with Crippen molar-refractivity contribution in [2.24, 2.45) is 5.41 Å². The van der Waals surface area contributed by atoms with Crippen molar-refractivity contribution in [2.75, 3.05) is 40.3 Å². The number of nitrogens with zero attached hydrogens (tertiary/aromatic N) is 2. The second-order valence-electron chi connectivity index (χ2n) is 7.04. The Labute approximate surface area is 114 Å². The predicted octanol–water partition coefficient (Wildman–Crippen LogP) is 2.04. The van der Waals surface area contributed by atoms with Crippen LogP contribution in [0.2, 0.25) is 0 Å². The molecule has 0 aromatic carbocycles. The van der Waals surface area contributed by atoms with E-state index in [0.717, 1.165) is 12.6 Å². The molecule has 1 heterocycles. The summed E-state index contributed by atoms with van der Waals surface area (Å²) < 4.78 is 0. The topological polar surface area (TPSA) is 18.5 Å². The lowest BCUT2D eigenvalue weighted by Crippen LogP contribution is -2.48. The van der Waals surface area contributed by atoms with E-state index in [1.807, 2.05) is 0 Å². The monoisotopic (exact) mass is 255 g/mol. The van der Waals surface area contributed by atoms with Crippen LogP contribution >= 0.6 is 0 Å². The van der Waals surface area contributed by atoms with Crippen molar-refractivity contribution < 1.29 is 0 Å². The highest BCUT2D eigenvalue weighted by atomic mass is 15.2. The van der Waals surface area contributed by atoms with Gasteiger partial charge in [0.05, 0.1) is 0 Å². The van der Waals surface area contributed by atoms with Crippen LogP contribution in [-0.2, 0) is 0 Å². The summed E-state index contributed by atoms with van der Waals surface area (Å²) in [6, 6.07) is 1.34. The van der Waals surface area contributed by atoms with E-state index in [-0.39, 0.29) is 0 Å². The average Bonchev–Trinajstić information content (AvgIpc) is 2.71. The summed E-state index contributed by atoms with van der Waals surface area (Å²) in [4.78, 5) is 4.99. The van der Waals surface area contributed by atoms with Gasteiger partial charge in [0.15, 0.2) is 0 Å². The first-order chi connectivity index (χ1) is 8.34. The van der Waals surface area contributed by atoms with Gasteiger partial charge in [0.2, 0.25) is 0 Å². The third-order valence-corrected chi connectivity index (χ3v) is 4.10. The lowest BCUT2D eigenvalue weighted by molar-refractivity contribution is 0.185. The molecule has 0 bridgehead atoms. The van der Waals surface area contributed by atoms with E-state index >= 15 is 0 Å². The fourth-order valence-electron chi connectivity index (χ4n) is 2.62. The zero-order chi connectivity index (χ0) is 13.8. The third kappa shape index (κ3) is 4.87. The van der Waals surface area contributed by atoms with Gasteiger partial charge in [0.1, 0.15) is 0 Å². The molecule has 1 fully saturated rings. The van der Waals surface area contributed by atoms with Crippen LogP contribution in [0.5, 0.6) is 0 Å². The van der Waals surface area contributed by atoms with Crippen molar-refractivity contribution in [3.05, 3.63) is 0 Å². The van der Waals surface area contributed by atoms with E-state index in [1.165, 1.54) is 32.5 Å². The molecule has 108 valence electrons. The molecule has 1 rings (SSSR count). The van der Waals surface area contributed by atoms with Crippen LogP contribution in [0.1, 0.15) is 40.5 Å². The molecule has 1 aliphatic rings. The van der Waals surface area contributed by atoms with Crippen molar-refractivity contribution in [3.63, 3.8) is 0 Å². The van der Waals surface area contributed by atoms with Gasteiger partial charge < -0.3 is 15.1 Å². The van der Waals surface area contributed by atoms with Crippen molar-refractivity contribution in [2.45, 2.75) is 52.6 Å². The van der Waals surface area contributed by atoms with Gasteiger partial charge in [-0.1, -0.05) is 27.7 Å². The van der Waals surface area contributed by atoms with Gasteiger partial charge in [-0.15, -0.1) is 0 Å². The van der Waals surface area contributed by atoms with Crippen LogP contribution in [0.15, 0.2) is 0 Å². The minimum atomic E-state index is 0.339. The fourth-order valence-corrected chi connectivity index (χ4v) is 2.62. The molecule has 3 heteroatoms. The molecular weight excluding hydrogens is 222 g/mol. The zero-order valence-corrected chi connectivity index (χ0v) is 13.3. The van der Waals surface area contributed by atoms with Crippen molar-refractivity contribution in [1.82, 2.24) is 15.1 Å². The molecule has 0 saturated carbocycles. The van der Waals surface area contributed by atoms with Gasteiger partial charge in [-0.05, 0) is 45.4 Å². The number of rotatable bonds is 6. The SMILES string of the molecule is CCCNC(CN1CCC(N(C)C)C1)C(C)(C)C. The average molecular weight is 255 g/mol. The Balaban J connectivity index is 2.46. The van der Waals surface area contributed by atoms with Gasteiger partial charge in [0, 0.05) is 25.2 Å². The molecular formula is C15H33N3. The van der Waals surface area contributed by atoms with Crippen LogP contribution in [0, 0.1) is 5.41 Å². The van der Waals surface area contributed by atoms with Gasteiger partial charge in [-0.2, -0.15) is 0 Å². The van der Waals surface area contributed by atoms with Crippen molar-refractivity contribution in [3.8, 4) is 0 Å². The Bertz CT molecular complexity index is 232. The minimum absolute atomic E-state index is 0.339. The Morgan fingerprint density at radius 1 is 1.33 bits per heavy atom. The molecule has 18 heavy (non-hydrogen) atoms. The first kappa shape index (κ1) is 15.9. The van der Waals surface area contributed by atoms with E-state index in [0.29, 0.717) is 11.5 Å². The summed E-state index contributed by atoms with van der Waals surface area (Å²) in [5, 5.41) is 3.73. The van der Waals surface area contributed by atoms with E-state index in [9.17, 15) is 0 Å². The number of hydrogen-bond donors (Lipinski definition) is 1. The number of nitrogens with one attached hydrogen (secondary N) is 1. The van der Waals surface area contributed by atoms with Gasteiger partial charge in [-0.25, -0.2) is 0 Å². The predicted molar refractivity (Wildman–Crippen MR) is 80.1 cm³/mol. The molecule has 1 N–H and O–H groups in total. The Morgan fingerprint density at radius 3 is 2.44 bits per heavy atom. The van der Waals surface area contributed by atoms with Crippen LogP contribution in [0.4, 0.5) is 0 Å². The quantitative estimate of drug-likeness (QED) is 0.783. The molecule has 0 amide bonds. The molecule has 1 aliphatic heterocycles. The Hall–Kier alpha value is -0.120. The highest BCUT2D eigenvalue weighted by Gasteiger charge is 2.30. The smallest absolute Gasteiger partial charge is 0.0243 e. The second kappa shape index (κ2) is 6.88. The highest BCUT2D eigenvalue weighted by molar-refractivity contribution is 4.88.